The zero-order chi connectivity index (χ0) is 24.4. The van der Waals surface area contributed by atoms with Crippen molar-refractivity contribution in [1.82, 2.24) is 4.31 Å². The van der Waals surface area contributed by atoms with Gasteiger partial charge in [0, 0.05) is 29.1 Å². The summed E-state index contributed by atoms with van der Waals surface area (Å²) in [5, 5.41) is 0. The van der Waals surface area contributed by atoms with Gasteiger partial charge < -0.3 is 0 Å². The van der Waals surface area contributed by atoms with Crippen molar-refractivity contribution in [2.75, 3.05) is 12.8 Å². The summed E-state index contributed by atoms with van der Waals surface area (Å²) < 4.78 is 91.4. The van der Waals surface area contributed by atoms with Gasteiger partial charge in [-0.3, -0.25) is 0 Å². The third-order valence-electron chi connectivity index (χ3n) is 4.82. The van der Waals surface area contributed by atoms with E-state index in [0.29, 0.717) is 16.9 Å². The van der Waals surface area contributed by atoms with Crippen molar-refractivity contribution < 1.29 is 30.0 Å². The van der Waals surface area contributed by atoms with Crippen molar-refractivity contribution >= 4 is 31.2 Å². The molecular formula is C22H22F3NO4S3. The average molecular weight is 518 g/mol. The molecule has 1 aromatic heterocycles. The largest absolute Gasteiger partial charge is 0.417 e. The fourth-order valence-corrected chi connectivity index (χ4v) is 6.76. The minimum atomic E-state index is -4.80. The first kappa shape index (κ1) is 25.4. The fourth-order valence-electron chi connectivity index (χ4n) is 3.27. The summed E-state index contributed by atoms with van der Waals surface area (Å²) in [6, 6.07) is 14.0. The number of sulfonamides is 1. The van der Waals surface area contributed by atoms with Crippen LogP contribution in [0.5, 0.6) is 0 Å². The molecule has 3 rings (SSSR count). The first-order chi connectivity index (χ1) is 15.3. The van der Waals surface area contributed by atoms with Crippen molar-refractivity contribution in [3.05, 3.63) is 71.1 Å². The Bertz CT molecular complexity index is 1350. The van der Waals surface area contributed by atoms with E-state index in [0.717, 1.165) is 33.6 Å². The molecule has 0 aliphatic carbocycles. The molecule has 0 saturated heterocycles. The van der Waals surface area contributed by atoms with Crippen LogP contribution in [0.3, 0.4) is 0 Å². The third-order valence-corrected chi connectivity index (χ3v) is 8.96. The number of hydrogen-bond donors (Lipinski definition) is 0. The molecule has 11 heteroatoms. The number of benzene rings is 2. The Morgan fingerprint density at radius 2 is 1.64 bits per heavy atom. The normalized spacial score (nSPS) is 12.9. The maximum Gasteiger partial charge on any atom is 0.417 e. The molecule has 0 radical (unpaired) electrons. The Labute approximate surface area is 195 Å². The molecule has 178 valence electrons. The molecule has 0 saturated carbocycles. The highest BCUT2D eigenvalue weighted by Gasteiger charge is 2.38. The Balaban J connectivity index is 1.95. The number of rotatable bonds is 8. The van der Waals surface area contributed by atoms with Crippen LogP contribution < -0.4 is 0 Å². The Kier molecular flexibility index (Phi) is 7.37. The van der Waals surface area contributed by atoms with Gasteiger partial charge in [-0.1, -0.05) is 31.2 Å². The van der Waals surface area contributed by atoms with E-state index < -0.39 is 36.5 Å². The molecule has 0 amide bonds. The number of sulfone groups is 1. The Morgan fingerprint density at radius 3 is 2.27 bits per heavy atom. The highest BCUT2D eigenvalue weighted by Crippen LogP contribution is 2.36. The summed E-state index contributed by atoms with van der Waals surface area (Å²) in [5.74, 6) is 0. The Morgan fingerprint density at radius 1 is 0.939 bits per heavy atom. The SMILES string of the molecule is CCCN(Cc1ccc(-c2cccc(S(C)(=O)=O)c2)s1)S(=O)(=O)c1ccccc1C(F)(F)F. The highest BCUT2D eigenvalue weighted by atomic mass is 32.2. The van der Waals surface area contributed by atoms with E-state index >= 15 is 0 Å². The lowest BCUT2D eigenvalue weighted by atomic mass is 10.2. The zero-order valence-corrected chi connectivity index (χ0v) is 20.3. The van der Waals surface area contributed by atoms with Crippen LogP contribution in [-0.2, 0) is 32.6 Å². The fraction of sp³-hybridized carbons (Fsp3) is 0.273. The Hall–Kier alpha value is -2.21. The van der Waals surface area contributed by atoms with E-state index in [9.17, 15) is 30.0 Å². The molecule has 0 fully saturated rings. The van der Waals surface area contributed by atoms with E-state index in [1.54, 1.807) is 31.2 Å². The molecule has 5 nitrogen and oxygen atoms in total. The summed E-state index contributed by atoms with van der Waals surface area (Å²) in [5.41, 5.74) is -0.544. The molecule has 33 heavy (non-hydrogen) atoms. The van der Waals surface area contributed by atoms with Crippen LogP contribution >= 0.6 is 11.3 Å². The second kappa shape index (κ2) is 9.57. The molecule has 0 atom stereocenters. The van der Waals surface area contributed by atoms with Gasteiger partial charge in [0.05, 0.1) is 15.4 Å². The maximum atomic E-state index is 13.4. The van der Waals surface area contributed by atoms with E-state index in [1.807, 2.05) is 0 Å². The van der Waals surface area contributed by atoms with Gasteiger partial charge in [-0.2, -0.15) is 17.5 Å². The van der Waals surface area contributed by atoms with Gasteiger partial charge >= 0.3 is 6.18 Å². The third kappa shape index (κ3) is 5.84. The summed E-state index contributed by atoms with van der Waals surface area (Å²) in [6.45, 7) is 1.69. The van der Waals surface area contributed by atoms with Crippen molar-refractivity contribution in [3.8, 4) is 10.4 Å². The predicted octanol–water partition coefficient (Wildman–Crippen LogP) is 5.44. The molecular weight excluding hydrogens is 495 g/mol. The number of thiophene rings is 1. The van der Waals surface area contributed by atoms with Crippen LogP contribution in [0, 0.1) is 0 Å². The minimum Gasteiger partial charge on any atom is -0.224 e. The van der Waals surface area contributed by atoms with Gasteiger partial charge in [0.15, 0.2) is 9.84 Å². The van der Waals surface area contributed by atoms with Gasteiger partial charge in [0.1, 0.15) is 0 Å². The van der Waals surface area contributed by atoms with Crippen molar-refractivity contribution in [3.63, 3.8) is 0 Å². The first-order valence-corrected chi connectivity index (χ1v) is 14.0. The second-order valence-corrected chi connectivity index (χ2v) is 12.5. The van der Waals surface area contributed by atoms with Crippen LogP contribution in [0.4, 0.5) is 13.2 Å². The van der Waals surface area contributed by atoms with Gasteiger partial charge in [0.2, 0.25) is 10.0 Å². The molecule has 3 aromatic rings. The van der Waals surface area contributed by atoms with E-state index in [-0.39, 0.29) is 18.0 Å². The van der Waals surface area contributed by atoms with Crippen LogP contribution in [0.2, 0.25) is 0 Å². The van der Waals surface area contributed by atoms with Crippen molar-refractivity contribution in [1.29, 1.82) is 0 Å². The smallest absolute Gasteiger partial charge is 0.224 e. The van der Waals surface area contributed by atoms with E-state index in [2.05, 4.69) is 0 Å². The quantitative estimate of drug-likeness (QED) is 0.399. The standard InChI is InChI=1S/C22H22F3NO4S3/c1-3-13-26(33(29,30)21-10-5-4-9-19(21)22(23,24)25)15-17-11-12-20(31-17)16-7-6-8-18(14-16)32(2,27)28/h4-12,14H,3,13,15H2,1-2H3. The minimum absolute atomic E-state index is 0.0469. The second-order valence-electron chi connectivity index (χ2n) is 7.40. The zero-order valence-electron chi connectivity index (χ0n) is 17.8. The molecule has 0 spiro atoms. The number of hydrogen-bond acceptors (Lipinski definition) is 5. The predicted molar refractivity (Wildman–Crippen MR) is 122 cm³/mol. The number of nitrogens with zero attached hydrogens (tertiary/aromatic N) is 1. The molecule has 0 N–H and O–H groups in total. The average Bonchev–Trinajstić information content (AvgIpc) is 3.21. The molecule has 0 bridgehead atoms. The molecule has 1 heterocycles. The number of halogens is 3. The maximum absolute atomic E-state index is 13.4. The van der Waals surface area contributed by atoms with Crippen LogP contribution in [-0.4, -0.2) is 33.9 Å². The van der Waals surface area contributed by atoms with Gasteiger partial charge in [-0.15, -0.1) is 11.3 Å². The molecule has 0 aliphatic heterocycles. The van der Waals surface area contributed by atoms with Gasteiger partial charge in [-0.05, 0) is 48.4 Å². The van der Waals surface area contributed by atoms with Gasteiger partial charge in [-0.25, -0.2) is 16.8 Å². The monoisotopic (exact) mass is 517 g/mol. The molecule has 0 unspecified atom stereocenters. The summed E-state index contributed by atoms with van der Waals surface area (Å²) in [6.07, 6.45) is -3.28. The molecule has 2 aromatic carbocycles. The summed E-state index contributed by atoms with van der Waals surface area (Å²) in [4.78, 5) is 0.730. The lowest BCUT2D eigenvalue weighted by molar-refractivity contribution is -0.139. The van der Waals surface area contributed by atoms with Crippen molar-refractivity contribution in [2.24, 2.45) is 0 Å². The van der Waals surface area contributed by atoms with Gasteiger partial charge in [0.25, 0.3) is 0 Å². The molecule has 0 aliphatic rings. The van der Waals surface area contributed by atoms with E-state index in [4.69, 9.17) is 0 Å². The summed E-state index contributed by atoms with van der Waals surface area (Å²) in [7, 11) is -7.81. The highest BCUT2D eigenvalue weighted by molar-refractivity contribution is 7.90. The number of alkyl halides is 3. The summed E-state index contributed by atoms with van der Waals surface area (Å²) >= 11 is 1.26. The lowest BCUT2D eigenvalue weighted by Crippen LogP contribution is -2.32. The van der Waals surface area contributed by atoms with Crippen LogP contribution in [0.15, 0.2) is 70.5 Å². The van der Waals surface area contributed by atoms with E-state index in [1.165, 1.54) is 29.5 Å². The topological polar surface area (TPSA) is 71.5 Å². The lowest BCUT2D eigenvalue weighted by Gasteiger charge is -2.23. The first-order valence-electron chi connectivity index (χ1n) is 9.89. The van der Waals surface area contributed by atoms with Crippen LogP contribution in [0.25, 0.3) is 10.4 Å². The van der Waals surface area contributed by atoms with Crippen molar-refractivity contribution in [2.45, 2.75) is 35.9 Å². The van der Waals surface area contributed by atoms with Crippen LogP contribution in [0.1, 0.15) is 23.8 Å².